The van der Waals surface area contributed by atoms with E-state index in [0.29, 0.717) is 28.2 Å². The summed E-state index contributed by atoms with van der Waals surface area (Å²) < 4.78 is 4.95. The van der Waals surface area contributed by atoms with Gasteiger partial charge in [0.2, 0.25) is 0 Å². The third-order valence-electron chi connectivity index (χ3n) is 5.43. The SMILES string of the molecule is CCOC(=O)c1ccc(NC(=O)c2cccc(NC3=C(Cl)C(=O)N(c4ccccc4C)C3=O)c2)cc1. The van der Waals surface area contributed by atoms with E-state index in [1.54, 1.807) is 74.5 Å². The zero-order valence-corrected chi connectivity index (χ0v) is 20.3. The Morgan fingerprint density at radius 3 is 2.31 bits per heavy atom. The summed E-state index contributed by atoms with van der Waals surface area (Å²) in [5, 5.41) is 5.40. The number of hydrogen-bond donors (Lipinski definition) is 2. The van der Waals surface area contributed by atoms with Gasteiger partial charge < -0.3 is 15.4 Å². The van der Waals surface area contributed by atoms with E-state index in [1.165, 1.54) is 6.07 Å². The number of para-hydroxylation sites is 1. The van der Waals surface area contributed by atoms with E-state index < -0.39 is 23.7 Å². The zero-order valence-electron chi connectivity index (χ0n) is 19.5. The highest BCUT2D eigenvalue weighted by molar-refractivity contribution is 6.53. The monoisotopic (exact) mass is 503 g/mol. The van der Waals surface area contributed by atoms with Gasteiger partial charge in [0.25, 0.3) is 17.7 Å². The third kappa shape index (κ3) is 4.99. The summed E-state index contributed by atoms with van der Waals surface area (Å²) in [4.78, 5) is 51.4. The first-order chi connectivity index (χ1) is 17.3. The number of carbonyl (C=O) groups excluding carboxylic acids is 4. The molecule has 3 amide bonds. The number of nitrogens with zero attached hydrogens (tertiary/aromatic N) is 1. The first-order valence-electron chi connectivity index (χ1n) is 11.1. The van der Waals surface area contributed by atoms with Crippen LogP contribution in [-0.2, 0) is 14.3 Å². The van der Waals surface area contributed by atoms with Gasteiger partial charge in [0.15, 0.2) is 0 Å². The van der Waals surface area contributed by atoms with Crippen LogP contribution in [0.25, 0.3) is 0 Å². The summed E-state index contributed by atoms with van der Waals surface area (Å²) in [6.45, 7) is 3.79. The van der Waals surface area contributed by atoms with Crippen LogP contribution in [0.1, 0.15) is 33.2 Å². The molecule has 0 fully saturated rings. The number of esters is 1. The number of nitrogens with one attached hydrogen (secondary N) is 2. The van der Waals surface area contributed by atoms with Crippen molar-refractivity contribution >= 4 is 52.4 Å². The Bertz CT molecular complexity index is 1400. The second kappa shape index (κ2) is 10.5. The lowest BCUT2D eigenvalue weighted by Crippen LogP contribution is -2.32. The number of imide groups is 1. The number of hydrogen-bond acceptors (Lipinski definition) is 6. The van der Waals surface area contributed by atoms with E-state index in [0.717, 1.165) is 10.5 Å². The minimum absolute atomic E-state index is 0.0722. The summed E-state index contributed by atoms with van der Waals surface area (Å²) in [5.41, 5.74) is 2.70. The molecule has 4 rings (SSSR count). The number of benzene rings is 3. The third-order valence-corrected chi connectivity index (χ3v) is 5.78. The number of halogens is 1. The van der Waals surface area contributed by atoms with Crippen molar-refractivity contribution in [1.82, 2.24) is 0 Å². The molecule has 0 saturated heterocycles. The fourth-order valence-corrected chi connectivity index (χ4v) is 3.85. The van der Waals surface area contributed by atoms with Crippen LogP contribution in [0.4, 0.5) is 17.1 Å². The molecule has 182 valence electrons. The minimum atomic E-state index is -0.626. The number of carbonyl (C=O) groups is 4. The molecule has 8 nitrogen and oxygen atoms in total. The van der Waals surface area contributed by atoms with Gasteiger partial charge >= 0.3 is 5.97 Å². The van der Waals surface area contributed by atoms with Gasteiger partial charge in [0, 0.05) is 16.9 Å². The predicted octanol–water partition coefficient (Wildman–Crippen LogP) is 4.86. The van der Waals surface area contributed by atoms with E-state index in [1.807, 2.05) is 6.07 Å². The molecule has 0 saturated carbocycles. The van der Waals surface area contributed by atoms with E-state index >= 15 is 0 Å². The molecule has 0 bridgehead atoms. The van der Waals surface area contributed by atoms with Crippen molar-refractivity contribution in [2.45, 2.75) is 13.8 Å². The second-order valence-corrected chi connectivity index (χ2v) is 8.26. The Kier molecular flexibility index (Phi) is 7.17. The highest BCUT2D eigenvalue weighted by atomic mass is 35.5. The van der Waals surface area contributed by atoms with Gasteiger partial charge in [-0.1, -0.05) is 35.9 Å². The molecule has 1 aliphatic rings. The molecule has 3 aromatic carbocycles. The quantitative estimate of drug-likeness (QED) is 0.352. The highest BCUT2D eigenvalue weighted by Gasteiger charge is 2.39. The van der Waals surface area contributed by atoms with Crippen LogP contribution in [0.15, 0.2) is 83.5 Å². The first-order valence-corrected chi connectivity index (χ1v) is 11.5. The van der Waals surface area contributed by atoms with Crippen LogP contribution < -0.4 is 15.5 Å². The van der Waals surface area contributed by atoms with Crippen molar-refractivity contribution in [1.29, 1.82) is 0 Å². The average molecular weight is 504 g/mol. The van der Waals surface area contributed by atoms with E-state index in [9.17, 15) is 19.2 Å². The maximum absolute atomic E-state index is 13.0. The summed E-state index contributed by atoms with van der Waals surface area (Å²) in [7, 11) is 0. The number of rotatable bonds is 7. The van der Waals surface area contributed by atoms with Crippen molar-refractivity contribution in [2.75, 3.05) is 22.1 Å². The van der Waals surface area contributed by atoms with Crippen LogP contribution in [0.2, 0.25) is 0 Å². The van der Waals surface area contributed by atoms with Gasteiger partial charge in [-0.2, -0.15) is 0 Å². The number of aryl methyl sites for hydroxylation is 1. The number of ether oxygens (including phenoxy) is 1. The highest BCUT2D eigenvalue weighted by Crippen LogP contribution is 2.32. The minimum Gasteiger partial charge on any atom is -0.462 e. The summed E-state index contributed by atoms with van der Waals surface area (Å²) >= 11 is 6.23. The molecule has 9 heteroatoms. The molecule has 0 atom stereocenters. The predicted molar refractivity (Wildman–Crippen MR) is 137 cm³/mol. The average Bonchev–Trinajstić information content (AvgIpc) is 3.08. The molecule has 1 heterocycles. The van der Waals surface area contributed by atoms with Crippen LogP contribution in [0, 0.1) is 6.92 Å². The Labute approximate surface area is 212 Å². The van der Waals surface area contributed by atoms with Crippen molar-refractivity contribution in [3.63, 3.8) is 0 Å². The van der Waals surface area contributed by atoms with E-state index in [4.69, 9.17) is 16.3 Å². The van der Waals surface area contributed by atoms with Gasteiger partial charge in [0.1, 0.15) is 10.7 Å². The smallest absolute Gasteiger partial charge is 0.338 e. The van der Waals surface area contributed by atoms with Crippen LogP contribution in [0.3, 0.4) is 0 Å². The Balaban J connectivity index is 1.49. The van der Waals surface area contributed by atoms with Crippen LogP contribution >= 0.6 is 11.6 Å². The molecule has 1 aliphatic heterocycles. The van der Waals surface area contributed by atoms with E-state index in [2.05, 4.69) is 10.6 Å². The fourth-order valence-electron chi connectivity index (χ4n) is 3.63. The van der Waals surface area contributed by atoms with Gasteiger partial charge in [-0.15, -0.1) is 0 Å². The summed E-state index contributed by atoms with van der Waals surface area (Å²) in [6.07, 6.45) is 0. The molecule has 0 radical (unpaired) electrons. The molecular formula is C27H22ClN3O5. The second-order valence-electron chi connectivity index (χ2n) is 7.88. The first kappa shape index (κ1) is 24.7. The number of amides is 3. The Morgan fingerprint density at radius 1 is 0.889 bits per heavy atom. The maximum atomic E-state index is 13.0. The maximum Gasteiger partial charge on any atom is 0.338 e. The lowest BCUT2D eigenvalue weighted by Gasteiger charge is -2.17. The van der Waals surface area contributed by atoms with Crippen LogP contribution in [-0.4, -0.2) is 30.3 Å². The van der Waals surface area contributed by atoms with Gasteiger partial charge in [-0.3, -0.25) is 14.4 Å². The molecule has 2 N–H and O–H groups in total. The lowest BCUT2D eigenvalue weighted by atomic mass is 10.1. The van der Waals surface area contributed by atoms with Crippen molar-refractivity contribution in [2.24, 2.45) is 0 Å². The summed E-state index contributed by atoms with van der Waals surface area (Å²) in [5.74, 6) is -2.06. The summed E-state index contributed by atoms with van der Waals surface area (Å²) in [6, 6.07) is 19.7. The molecule has 3 aromatic rings. The molecule has 36 heavy (non-hydrogen) atoms. The zero-order chi connectivity index (χ0) is 25.8. The molecule has 0 unspecified atom stereocenters. The molecule has 0 aliphatic carbocycles. The van der Waals surface area contributed by atoms with Crippen molar-refractivity contribution < 1.29 is 23.9 Å². The van der Waals surface area contributed by atoms with Crippen LogP contribution in [0.5, 0.6) is 0 Å². The van der Waals surface area contributed by atoms with Crippen molar-refractivity contribution in [3.8, 4) is 0 Å². The Hall–Kier alpha value is -4.43. The standard InChI is InChI=1S/C27H22ClN3O5/c1-3-36-27(35)17-11-13-19(14-12-17)30-24(32)18-8-6-9-20(15-18)29-23-22(28)25(33)31(26(23)34)21-10-5-4-7-16(21)2/h4-15,29H,3H2,1-2H3,(H,30,32). The van der Waals surface area contributed by atoms with Gasteiger partial charge in [-0.05, 0) is 67.9 Å². The molecule has 0 spiro atoms. The molecule has 0 aromatic heterocycles. The molecular weight excluding hydrogens is 482 g/mol. The van der Waals surface area contributed by atoms with Crippen molar-refractivity contribution in [3.05, 3.63) is 100 Å². The number of anilines is 3. The fraction of sp³-hybridized carbons (Fsp3) is 0.111. The lowest BCUT2D eigenvalue weighted by molar-refractivity contribution is -0.120. The van der Waals surface area contributed by atoms with Gasteiger partial charge in [0.05, 0.1) is 17.9 Å². The Morgan fingerprint density at radius 2 is 1.61 bits per heavy atom. The van der Waals surface area contributed by atoms with Gasteiger partial charge in [-0.25, -0.2) is 9.69 Å². The normalized spacial score (nSPS) is 13.1. The largest absolute Gasteiger partial charge is 0.462 e. The van der Waals surface area contributed by atoms with E-state index in [-0.39, 0.29) is 17.3 Å². The topological polar surface area (TPSA) is 105 Å².